The molecule has 2 aliphatic rings. The van der Waals surface area contributed by atoms with E-state index < -0.39 is 0 Å². The molecule has 17 heavy (non-hydrogen) atoms. The molecule has 1 N–H and O–H groups in total. The van der Waals surface area contributed by atoms with E-state index in [1.165, 1.54) is 11.1 Å². The lowest BCUT2D eigenvalue weighted by atomic mass is 9.85. The van der Waals surface area contributed by atoms with Crippen molar-refractivity contribution < 1.29 is 0 Å². The van der Waals surface area contributed by atoms with Crippen LogP contribution in [0.15, 0.2) is 47.6 Å². The van der Waals surface area contributed by atoms with E-state index in [0.29, 0.717) is 23.9 Å². The summed E-state index contributed by atoms with van der Waals surface area (Å²) in [5, 5.41) is 3.76. The summed E-state index contributed by atoms with van der Waals surface area (Å²) in [4.78, 5) is 0. The van der Waals surface area contributed by atoms with E-state index in [0.717, 1.165) is 0 Å². The maximum atomic E-state index is 3.76. The van der Waals surface area contributed by atoms with E-state index in [1.54, 1.807) is 0 Å². The normalized spacial score (nSPS) is 36.7. The summed E-state index contributed by atoms with van der Waals surface area (Å²) in [6.45, 7) is 8.99. The van der Waals surface area contributed by atoms with Gasteiger partial charge in [0.1, 0.15) is 0 Å². The van der Waals surface area contributed by atoms with Gasteiger partial charge in [-0.2, -0.15) is 0 Å². The van der Waals surface area contributed by atoms with Gasteiger partial charge in [0.2, 0.25) is 0 Å². The third kappa shape index (κ3) is 2.78. The Labute approximate surface area is 105 Å². The van der Waals surface area contributed by atoms with Gasteiger partial charge in [-0.3, -0.25) is 0 Å². The van der Waals surface area contributed by atoms with Gasteiger partial charge >= 0.3 is 0 Å². The van der Waals surface area contributed by atoms with Crippen molar-refractivity contribution in [2.24, 2.45) is 11.8 Å². The predicted molar refractivity (Wildman–Crippen MR) is 74.8 cm³/mol. The van der Waals surface area contributed by atoms with Crippen molar-refractivity contribution in [3.05, 3.63) is 47.6 Å². The Morgan fingerprint density at radius 1 is 1.00 bits per heavy atom. The molecule has 0 aromatic carbocycles. The largest absolute Gasteiger partial charge is 0.303 e. The van der Waals surface area contributed by atoms with Crippen LogP contribution in [0.1, 0.15) is 27.7 Å². The van der Waals surface area contributed by atoms with E-state index >= 15 is 0 Å². The van der Waals surface area contributed by atoms with E-state index in [4.69, 9.17) is 0 Å². The minimum absolute atomic E-state index is 0.461. The standard InChI is InChI=1S/C16H23N/c1-11-9-13(3)14(4)16(10-11)17-15-8-6-5-7-12(15)2/h5-10,12,14-17H,1-4H3. The predicted octanol–water partition coefficient (Wildman–Crippen LogP) is 3.62. The van der Waals surface area contributed by atoms with Gasteiger partial charge in [0.15, 0.2) is 0 Å². The number of hydrogen-bond acceptors (Lipinski definition) is 1. The lowest BCUT2D eigenvalue weighted by Gasteiger charge is -2.32. The summed E-state index contributed by atoms with van der Waals surface area (Å²) in [5.74, 6) is 1.16. The molecule has 4 unspecified atom stereocenters. The fraction of sp³-hybridized carbons (Fsp3) is 0.500. The van der Waals surface area contributed by atoms with Gasteiger partial charge in [-0.25, -0.2) is 0 Å². The highest BCUT2D eigenvalue weighted by Crippen LogP contribution is 2.25. The zero-order chi connectivity index (χ0) is 12.4. The topological polar surface area (TPSA) is 12.0 Å². The molecule has 92 valence electrons. The van der Waals surface area contributed by atoms with Crippen molar-refractivity contribution in [2.45, 2.75) is 39.8 Å². The van der Waals surface area contributed by atoms with Crippen LogP contribution in [0, 0.1) is 11.8 Å². The highest BCUT2D eigenvalue weighted by atomic mass is 15.0. The first kappa shape index (κ1) is 12.4. The van der Waals surface area contributed by atoms with Gasteiger partial charge in [0.05, 0.1) is 0 Å². The van der Waals surface area contributed by atoms with Crippen LogP contribution in [-0.2, 0) is 0 Å². The Balaban J connectivity index is 2.07. The molecule has 0 aliphatic heterocycles. The van der Waals surface area contributed by atoms with E-state index in [1.807, 2.05) is 0 Å². The minimum atomic E-state index is 0.461. The second kappa shape index (κ2) is 5.05. The van der Waals surface area contributed by atoms with E-state index in [9.17, 15) is 0 Å². The van der Waals surface area contributed by atoms with Crippen LogP contribution in [0.25, 0.3) is 0 Å². The molecule has 2 aliphatic carbocycles. The molecule has 0 saturated carbocycles. The average Bonchev–Trinajstić information content (AvgIpc) is 2.28. The molecule has 0 aromatic heterocycles. The molecule has 1 nitrogen and oxygen atoms in total. The lowest BCUT2D eigenvalue weighted by Crippen LogP contribution is -2.44. The third-order valence-corrected chi connectivity index (χ3v) is 3.95. The summed E-state index contributed by atoms with van der Waals surface area (Å²) < 4.78 is 0. The molecule has 0 spiro atoms. The third-order valence-electron chi connectivity index (χ3n) is 3.95. The van der Waals surface area contributed by atoms with Crippen molar-refractivity contribution >= 4 is 0 Å². The smallest absolute Gasteiger partial charge is 0.0324 e. The molecule has 0 bridgehead atoms. The van der Waals surface area contributed by atoms with Gasteiger partial charge in [0, 0.05) is 12.1 Å². The number of rotatable bonds is 2. The molecule has 4 atom stereocenters. The Hall–Kier alpha value is -1.08. The molecule has 0 fully saturated rings. The SMILES string of the molecule is CC1=CC(NC2C=CC=CC2C)C(C)C(C)=C1. The Bertz CT molecular complexity index is 398. The summed E-state index contributed by atoms with van der Waals surface area (Å²) in [6.07, 6.45) is 13.5. The van der Waals surface area contributed by atoms with Crippen molar-refractivity contribution in [2.75, 3.05) is 0 Å². The van der Waals surface area contributed by atoms with Gasteiger partial charge < -0.3 is 5.32 Å². The van der Waals surface area contributed by atoms with Gasteiger partial charge in [-0.05, 0) is 25.7 Å². The first-order valence-electron chi connectivity index (χ1n) is 6.55. The zero-order valence-corrected chi connectivity index (χ0v) is 11.3. The van der Waals surface area contributed by atoms with Crippen molar-refractivity contribution in [1.29, 1.82) is 0 Å². The van der Waals surface area contributed by atoms with E-state index in [2.05, 4.69) is 69.5 Å². The van der Waals surface area contributed by atoms with Crippen molar-refractivity contribution in [3.63, 3.8) is 0 Å². The summed E-state index contributed by atoms with van der Waals surface area (Å²) in [5.41, 5.74) is 2.85. The van der Waals surface area contributed by atoms with Gasteiger partial charge in [0.25, 0.3) is 0 Å². The molecular formula is C16H23N. The molecular weight excluding hydrogens is 206 g/mol. The van der Waals surface area contributed by atoms with Crippen molar-refractivity contribution in [3.8, 4) is 0 Å². The second-order valence-electron chi connectivity index (χ2n) is 5.43. The van der Waals surface area contributed by atoms with Crippen LogP contribution in [0.3, 0.4) is 0 Å². The first-order chi connectivity index (χ1) is 8.08. The van der Waals surface area contributed by atoms with E-state index in [-0.39, 0.29) is 0 Å². The maximum absolute atomic E-state index is 3.76. The quantitative estimate of drug-likeness (QED) is 0.762. The average molecular weight is 229 g/mol. The molecule has 0 radical (unpaired) electrons. The number of allylic oxidation sites excluding steroid dienone is 4. The fourth-order valence-corrected chi connectivity index (χ4v) is 2.59. The van der Waals surface area contributed by atoms with Crippen LogP contribution >= 0.6 is 0 Å². The summed E-state index contributed by atoms with van der Waals surface area (Å²) in [7, 11) is 0. The van der Waals surface area contributed by atoms with Crippen LogP contribution in [0.2, 0.25) is 0 Å². The zero-order valence-electron chi connectivity index (χ0n) is 11.3. The highest BCUT2D eigenvalue weighted by molar-refractivity contribution is 5.31. The second-order valence-corrected chi connectivity index (χ2v) is 5.43. The highest BCUT2D eigenvalue weighted by Gasteiger charge is 2.24. The number of hydrogen-bond donors (Lipinski definition) is 1. The van der Waals surface area contributed by atoms with Crippen LogP contribution in [0.5, 0.6) is 0 Å². The molecule has 2 rings (SSSR count). The van der Waals surface area contributed by atoms with Crippen LogP contribution in [0.4, 0.5) is 0 Å². The van der Waals surface area contributed by atoms with Crippen molar-refractivity contribution in [1.82, 2.24) is 5.32 Å². The van der Waals surface area contributed by atoms with Gasteiger partial charge in [-0.15, -0.1) is 0 Å². The molecule has 0 heterocycles. The Kier molecular flexibility index (Phi) is 3.68. The van der Waals surface area contributed by atoms with Crippen LogP contribution in [-0.4, -0.2) is 12.1 Å². The lowest BCUT2D eigenvalue weighted by molar-refractivity contribution is 0.401. The fourth-order valence-electron chi connectivity index (χ4n) is 2.59. The maximum Gasteiger partial charge on any atom is 0.0324 e. The first-order valence-corrected chi connectivity index (χ1v) is 6.55. The number of nitrogens with one attached hydrogen (secondary N) is 1. The summed E-state index contributed by atoms with van der Waals surface area (Å²) >= 11 is 0. The molecule has 0 saturated heterocycles. The monoisotopic (exact) mass is 229 g/mol. The molecule has 1 heteroatoms. The van der Waals surface area contributed by atoms with Gasteiger partial charge in [-0.1, -0.05) is 61.4 Å². The molecule has 0 aromatic rings. The molecule has 0 amide bonds. The van der Waals surface area contributed by atoms with Crippen LogP contribution < -0.4 is 5.32 Å². The summed E-state index contributed by atoms with van der Waals surface area (Å²) in [6, 6.07) is 0.922. The Morgan fingerprint density at radius 3 is 2.41 bits per heavy atom. The minimum Gasteiger partial charge on any atom is -0.303 e. The Morgan fingerprint density at radius 2 is 1.71 bits per heavy atom.